The molecule has 0 bridgehead atoms. The molecule has 1 atom stereocenters. The van der Waals surface area contributed by atoms with Crippen LogP contribution in [-0.2, 0) is 16.0 Å². The number of nitrogens with zero attached hydrogens (tertiary/aromatic N) is 5. The Morgan fingerprint density at radius 2 is 1.74 bits per heavy atom. The molecular weight excluding hydrogens is 589 g/mol. The summed E-state index contributed by atoms with van der Waals surface area (Å²) in [4.78, 5) is 35.3. The summed E-state index contributed by atoms with van der Waals surface area (Å²) in [5.41, 5.74) is 4.91. The number of carboxylic acids is 1. The summed E-state index contributed by atoms with van der Waals surface area (Å²) in [5, 5.41) is 15.1. The number of rotatable bonds is 6. The average molecular weight is 630 g/mol. The molecule has 1 amide bonds. The number of aromatic nitrogens is 3. The summed E-state index contributed by atoms with van der Waals surface area (Å²) in [6.45, 7) is 13.8. The molecule has 11 heteroatoms. The van der Waals surface area contributed by atoms with Crippen LogP contribution in [0.25, 0.3) is 16.9 Å². The van der Waals surface area contributed by atoms with Crippen LogP contribution >= 0.6 is 0 Å². The van der Waals surface area contributed by atoms with E-state index in [0.29, 0.717) is 61.8 Å². The molecule has 1 N–H and O–H groups in total. The lowest BCUT2D eigenvalue weighted by Gasteiger charge is -2.35. The fourth-order valence-corrected chi connectivity index (χ4v) is 6.39. The molecule has 1 saturated heterocycles. The first-order chi connectivity index (χ1) is 21.8. The Hall–Kier alpha value is -4.51. The van der Waals surface area contributed by atoms with Crippen molar-refractivity contribution in [3.05, 3.63) is 75.9 Å². The van der Waals surface area contributed by atoms with Crippen molar-refractivity contribution in [3.63, 3.8) is 0 Å². The average Bonchev–Trinajstić information content (AvgIpc) is 3.44. The Morgan fingerprint density at radius 1 is 1.04 bits per heavy atom. The molecule has 0 aliphatic carbocycles. The van der Waals surface area contributed by atoms with Crippen LogP contribution in [0.4, 0.5) is 10.1 Å². The van der Waals surface area contributed by atoms with Gasteiger partial charge >= 0.3 is 5.97 Å². The summed E-state index contributed by atoms with van der Waals surface area (Å²) in [5.74, 6) is -1.78. The van der Waals surface area contributed by atoms with Gasteiger partial charge in [-0.25, -0.2) is 18.7 Å². The van der Waals surface area contributed by atoms with Crippen molar-refractivity contribution < 1.29 is 28.6 Å². The Balaban J connectivity index is 1.45. The number of hydrogen-bond acceptors (Lipinski definition) is 7. The predicted molar refractivity (Wildman–Crippen MR) is 172 cm³/mol. The molecule has 4 heterocycles. The van der Waals surface area contributed by atoms with E-state index >= 15 is 4.39 Å². The molecule has 1 fully saturated rings. The monoisotopic (exact) mass is 629 g/mol. The first-order valence-electron chi connectivity index (χ1n) is 15.7. The van der Waals surface area contributed by atoms with Gasteiger partial charge in [-0.1, -0.05) is 17.7 Å². The third kappa shape index (κ3) is 5.91. The SMILES string of the molecule is Cc1ccc(N2CCN(C(=O)c3cc4nc(C)c([C@H](OC(C)(C)C)C(=O)O)c(-c5cc(F)c6c(c5C)CCCO6)n4n3)CC2)cc1. The summed E-state index contributed by atoms with van der Waals surface area (Å²) in [6.07, 6.45) is -0.0799. The minimum Gasteiger partial charge on any atom is -0.490 e. The zero-order chi connectivity index (χ0) is 32.9. The van der Waals surface area contributed by atoms with Gasteiger partial charge in [0.2, 0.25) is 0 Å². The van der Waals surface area contributed by atoms with Gasteiger partial charge in [-0.3, -0.25) is 4.79 Å². The number of carbonyl (C=O) groups excluding carboxylic acids is 1. The molecule has 46 heavy (non-hydrogen) atoms. The molecule has 2 aromatic carbocycles. The van der Waals surface area contributed by atoms with E-state index in [1.165, 1.54) is 16.1 Å². The van der Waals surface area contributed by atoms with Gasteiger partial charge in [-0.15, -0.1) is 0 Å². The van der Waals surface area contributed by atoms with E-state index in [9.17, 15) is 14.7 Å². The van der Waals surface area contributed by atoms with E-state index < -0.39 is 23.5 Å². The normalized spacial score (nSPS) is 15.9. The second-order valence-electron chi connectivity index (χ2n) is 13.1. The molecule has 2 aromatic heterocycles. The standard InChI is InChI=1S/C35H40FN5O5/c1-20-9-11-23(12-10-20)39-13-15-40(16-14-39)33(42)27-19-28-37-22(3)29(32(34(43)44)46-35(4,5)6)30(41(28)38-27)25-18-26(36)31-24(21(25)2)8-7-17-45-31/h9-12,18-19,32H,7-8,13-17H2,1-6H3,(H,43,44)/t32-/m0/s1. The van der Waals surface area contributed by atoms with Crippen LogP contribution in [0.15, 0.2) is 36.4 Å². The topological polar surface area (TPSA) is 110 Å². The lowest BCUT2D eigenvalue weighted by atomic mass is 9.91. The van der Waals surface area contributed by atoms with Gasteiger partial charge in [-0.05, 0) is 78.1 Å². The molecule has 6 rings (SSSR count). The highest BCUT2D eigenvalue weighted by Gasteiger charge is 2.35. The number of ether oxygens (including phenoxy) is 2. The summed E-state index contributed by atoms with van der Waals surface area (Å²) >= 11 is 0. The number of fused-ring (bicyclic) bond motifs is 2. The summed E-state index contributed by atoms with van der Waals surface area (Å²) in [7, 11) is 0. The Bertz CT molecular complexity index is 1820. The quantitative estimate of drug-likeness (QED) is 0.290. The molecule has 0 radical (unpaired) electrons. The van der Waals surface area contributed by atoms with Crippen LogP contribution in [0.1, 0.15) is 71.7 Å². The molecule has 242 valence electrons. The van der Waals surface area contributed by atoms with Crippen molar-refractivity contribution in [3.8, 4) is 17.0 Å². The Kier molecular flexibility index (Phi) is 8.22. The van der Waals surface area contributed by atoms with Crippen molar-refractivity contribution in [1.29, 1.82) is 0 Å². The maximum atomic E-state index is 15.6. The van der Waals surface area contributed by atoms with E-state index in [1.807, 2.05) is 6.92 Å². The molecular formula is C35H40FN5O5. The fraction of sp³-hybridized carbons (Fsp3) is 0.429. The number of carbonyl (C=O) groups is 2. The molecule has 10 nitrogen and oxygen atoms in total. The predicted octanol–water partition coefficient (Wildman–Crippen LogP) is 5.69. The van der Waals surface area contributed by atoms with Gasteiger partial charge in [0.1, 0.15) is 0 Å². The minimum atomic E-state index is -1.43. The molecule has 0 spiro atoms. The molecule has 0 unspecified atom stereocenters. The first-order valence-corrected chi connectivity index (χ1v) is 15.7. The highest BCUT2D eigenvalue weighted by molar-refractivity contribution is 5.94. The van der Waals surface area contributed by atoms with Crippen LogP contribution in [0.5, 0.6) is 5.75 Å². The molecule has 4 aromatic rings. The number of hydrogen-bond donors (Lipinski definition) is 1. The fourth-order valence-electron chi connectivity index (χ4n) is 6.39. The van der Waals surface area contributed by atoms with E-state index in [0.717, 1.165) is 23.2 Å². The lowest BCUT2D eigenvalue weighted by molar-refractivity contribution is -0.160. The second-order valence-corrected chi connectivity index (χ2v) is 13.1. The third-order valence-electron chi connectivity index (χ3n) is 8.66. The minimum absolute atomic E-state index is 0.178. The van der Waals surface area contributed by atoms with Crippen LogP contribution in [-0.4, -0.2) is 74.9 Å². The van der Waals surface area contributed by atoms with Gasteiger partial charge in [-0.2, -0.15) is 5.10 Å². The van der Waals surface area contributed by atoms with Gasteiger partial charge in [0.25, 0.3) is 5.91 Å². The van der Waals surface area contributed by atoms with E-state index in [-0.39, 0.29) is 22.9 Å². The largest absolute Gasteiger partial charge is 0.490 e. The Morgan fingerprint density at radius 3 is 2.39 bits per heavy atom. The highest BCUT2D eigenvalue weighted by Crippen LogP contribution is 2.41. The third-order valence-corrected chi connectivity index (χ3v) is 8.66. The van der Waals surface area contributed by atoms with Crippen LogP contribution in [0, 0.1) is 26.6 Å². The van der Waals surface area contributed by atoms with Gasteiger partial charge in [0.15, 0.2) is 29.0 Å². The highest BCUT2D eigenvalue weighted by atomic mass is 19.1. The second kappa shape index (κ2) is 12.0. The van der Waals surface area contributed by atoms with Gasteiger partial charge in [0.05, 0.1) is 17.9 Å². The maximum Gasteiger partial charge on any atom is 0.337 e. The van der Waals surface area contributed by atoms with Crippen molar-refractivity contribution in [2.24, 2.45) is 0 Å². The van der Waals surface area contributed by atoms with Crippen LogP contribution in [0.3, 0.4) is 0 Å². The van der Waals surface area contributed by atoms with Crippen molar-refractivity contribution in [2.45, 2.75) is 66.1 Å². The molecule has 2 aliphatic rings. The smallest absolute Gasteiger partial charge is 0.337 e. The van der Waals surface area contributed by atoms with Crippen LogP contribution in [0.2, 0.25) is 0 Å². The number of aliphatic carboxylic acids is 1. The number of benzene rings is 2. The van der Waals surface area contributed by atoms with Crippen LogP contribution < -0.4 is 9.64 Å². The number of anilines is 1. The zero-order valence-electron chi connectivity index (χ0n) is 27.2. The maximum absolute atomic E-state index is 15.6. The van der Waals surface area contributed by atoms with E-state index in [4.69, 9.17) is 19.6 Å². The van der Waals surface area contributed by atoms with E-state index in [1.54, 1.807) is 38.7 Å². The number of aryl methyl sites for hydroxylation is 2. The number of amides is 1. The number of carboxylic acid groups (broad SMARTS) is 1. The zero-order valence-corrected chi connectivity index (χ0v) is 27.2. The molecule has 0 saturated carbocycles. The van der Waals surface area contributed by atoms with E-state index in [2.05, 4.69) is 36.1 Å². The van der Waals surface area contributed by atoms with Gasteiger partial charge in [0, 0.05) is 60.3 Å². The lowest BCUT2D eigenvalue weighted by Crippen LogP contribution is -2.48. The Labute approximate surface area is 267 Å². The number of halogens is 1. The first kappa shape index (κ1) is 31.5. The van der Waals surface area contributed by atoms with Crippen molar-refractivity contribution in [2.75, 3.05) is 37.7 Å². The van der Waals surface area contributed by atoms with Crippen molar-refractivity contribution in [1.82, 2.24) is 19.5 Å². The molecule has 2 aliphatic heterocycles. The summed E-state index contributed by atoms with van der Waals surface area (Å²) < 4.78 is 28.9. The van der Waals surface area contributed by atoms with Crippen molar-refractivity contribution >= 4 is 23.2 Å². The summed E-state index contributed by atoms with van der Waals surface area (Å²) in [6, 6.07) is 11.3. The van der Waals surface area contributed by atoms with Gasteiger partial charge < -0.3 is 24.4 Å². The number of piperazine rings is 1.